The number of aliphatic hydroxyl groups excluding tert-OH is 1. The van der Waals surface area contributed by atoms with E-state index in [0.29, 0.717) is 23.5 Å². The van der Waals surface area contributed by atoms with Gasteiger partial charge in [-0.3, -0.25) is 14.6 Å². The Morgan fingerprint density at radius 1 is 1.03 bits per heavy atom. The van der Waals surface area contributed by atoms with Crippen LogP contribution < -0.4 is 4.74 Å². The normalized spacial score (nSPS) is 17.5. The van der Waals surface area contributed by atoms with Crippen molar-refractivity contribution in [2.75, 3.05) is 6.61 Å². The van der Waals surface area contributed by atoms with Gasteiger partial charge < -0.3 is 14.7 Å². The first kappa shape index (κ1) is 21.3. The molecule has 1 fully saturated rings. The first-order valence-electron chi connectivity index (χ1n) is 10.6. The van der Waals surface area contributed by atoms with Crippen LogP contribution in [0.1, 0.15) is 36.1 Å². The highest BCUT2D eigenvalue weighted by molar-refractivity contribution is 6.46. The van der Waals surface area contributed by atoms with Gasteiger partial charge in [-0.15, -0.1) is 0 Å². The van der Waals surface area contributed by atoms with Gasteiger partial charge in [0.2, 0.25) is 0 Å². The number of rotatable bonds is 7. The topological polar surface area (TPSA) is 79.7 Å². The molecule has 3 aromatic rings. The summed E-state index contributed by atoms with van der Waals surface area (Å²) >= 11 is 0. The molecule has 4 rings (SSSR count). The maximum atomic E-state index is 13.1. The molecule has 6 nitrogen and oxygen atoms in total. The number of ketones is 1. The first-order chi connectivity index (χ1) is 15.6. The second-order valence-electron chi connectivity index (χ2n) is 7.57. The Morgan fingerprint density at radius 2 is 1.78 bits per heavy atom. The van der Waals surface area contributed by atoms with E-state index >= 15 is 0 Å². The summed E-state index contributed by atoms with van der Waals surface area (Å²) < 4.78 is 5.59. The Morgan fingerprint density at radius 3 is 2.44 bits per heavy atom. The van der Waals surface area contributed by atoms with Crippen LogP contribution in [0.4, 0.5) is 0 Å². The number of hydrogen-bond acceptors (Lipinski definition) is 5. The predicted molar refractivity (Wildman–Crippen MR) is 121 cm³/mol. The smallest absolute Gasteiger partial charge is 0.295 e. The van der Waals surface area contributed by atoms with Crippen molar-refractivity contribution in [3.63, 3.8) is 0 Å². The average molecular weight is 428 g/mol. The van der Waals surface area contributed by atoms with Crippen molar-refractivity contribution in [2.45, 2.75) is 25.9 Å². The summed E-state index contributed by atoms with van der Waals surface area (Å²) in [5.41, 5.74) is 2.05. The van der Waals surface area contributed by atoms with Gasteiger partial charge in [-0.25, -0.2) is 0 Å². The van der Waals surface area contributed by atoms with Crippen LogP contribution in [0.3, 0.4) is 0 Å². The molecule has 6 heteroatoms. The van der Waals surface area contributed by atoms with E-state index in [2.05, 4.69) is 4.98 Å². The first-order valence-corrected chi connectivity index (χ1v) is 10.6. The number of carbonyl (C=O) groups is 2. The summed E-state index contributed by atoms with van der Waals surface area (Å²) in [5, 5.41) is 11.1. The third kappa shape index (κ3) is 4.25. The van der Waals surface area contributed by atoms with Crippen LogP contribution in [0.5, 0.6) is 5.75 Å². The fourth-order valence-electron chi connectivity index (χ4n) is 3.79. The lowest BCUT2D eigenvalue weighted by atomic mass is 9.96. The standard InChI is InChI=1S/C26H24N2O4/c1-2-15-32-21-12-10-19(11-13-21)24(29)22-23(20-9-6-14-27-16-20)28(26(31)25(22)30)17-18-7-4-3-5-8-18/h3-14,16,23,29H,2,15,17H2,1H3/b24-22+. The predicted octanol–water partition coefficient (Wildman–Crippen LogP) is 4.49. The number of aliphatic hydroxyl groups is 1. The summed E-state index contributed by atoms with van der Waals surface area (Å²) in [6.07, 6.45) is 4.13. The van der Waals surface area contributed by atoms with Crippen molar-refractivity contribution in [3.05, 3.63) is 101 Å². The van der Waals surface area contributed by atoms with Crippen molar-refractivity contribution in [3.8, 4) is 5.75 Å². The maximum Gasteiger partial charge on any atom is 0.295 e. The highest BCUT2D eigenvalue weighted by Crippen LogP contribution is 2.40. The number of amides is 1. The van der Waals surface area contributed by atoms with Crippen molar-refractivity contribution < 1.29 is 19.4 Å². The van der Waals surface area contributed by atoms with Crippen LogP contribution in [-0.2, 0) is 16.1 Å². The zero-order chi connectivity index (χ0) is 22.5. The van der Waals surface area contributed by atoms with E-state index in [1.807, 2.05) is 37.3 Å². The summed E-state index contributed by atoms with van der Waals surface area (Å²) in [4.78, 5) is 31.7. The monoisotopic (exact) mass is 428 g/mol. The summed E-state index contributed by atoms with van der Waals surface area (Å²) in [7, 11) is 0. The number of ether oxygens (including phenoxy) is 1. The molecule has 1 aliphatic heterocycles. The van der Waals surface area contributed by atoms with Crippen LogP contribution in [-0.4, -0.2) is 33.3 Å². The number of benzene rings is 2. The lowest BCUT2D eigenvalue weighted by Gasteiger charge is -2.25. The van der Waals surface area contributed by atoms with Gasteiger partial charge in [-0.05, 0) is 47.9 Å². The third-order valence-corrected chi connectivity index (χ3v) is 5.34. The molecule has 1 aromatic heterocycles. The number of aromatic nitrogens is 1. The second kappa shape index (κ2) is 9.47. The Kier molecular flexibility index (Phi) is 6.31. The Bertz CT molecular complexity index is 1130. The van der Waals surface area contributed by atoms with E-state index in [-0.39, 0.29) is 17.9 Å². The number of hydrogen-bond donors (Lipinski definition) is 1. The minimum absolute atomic E-state index is 0.0566. The van der Waals surface area contributed by atoms with Crippen molar-refractivity contribution >= 4 is 17.4 Å². The second-order valence-corrected chi connectivity index (χ2v) is 7.57. The fraction of sp³-hybridized carbons (Fsp3) is 0.192. The van der Waals surface area contributed by atoms with Crippen LogP contribution >= 0.6 is 0 Å². The molecule has 32 heavy (non-hydrogen) atoms. The number of likely N-dealkylation sites (tertiary alicyclic amines) is 1. The Hall–Kier alpha value is -3.93. The SMILES string of the molecule is CCCOc1ccc(/C(O)=C2\C(=O)C(=O)N(Cc3ccccc3)C2c2cccnc2)cc1. The van der Waals surface area contributed by atoms with E-state index in [1.54, 1.807) is 48.8 Å². The quantitative estimate of drug-likeness (QED) is 0.341. The molecule has 2 heterocycles. The van der Waals surface area contributed by atoms with Gasteiger partial charge in [-0.1, -0.05) is 43.3 Å². The van der Waals surface area contributed by atoms with Gasteiger partial charge in [-0.2, -0.15) is 0 Å². The lowest BCUT2D eigenvalue weighted by molar-refractivity contribution is -0.140. The number of Topliss-reactive ketones (excluding diaryl/α,β-unsaturated/α-hetero) is 1. The molecule has 1 saturated heterocycles. The Balaban J connectivity index is 1.76. The maximum absolute atomic E-state index is 13.1. The molecule has 1 unspecified atom stereocenters. The van der Waals surface area contributed by atoms with E-state index in [9.17, 15) is 14.7 Å². The van der Waals surface area contributed by atoms with Crippen LogP contribution in [0.15, 0.2) is 84.7 Å². The highest BCUT2D eigenvalue weighted by atomic mass is 16.5. The molecular formula is C26H24N2O4. The molecule has 0 aliphatic carbocycles. The zero-order valence-corrected chi connectivity index (χ0v) is 17.8. The Labute approximate surface area is 186 Å². The van der Waals surface area contributed by atoms with E-state index < -0.39 is 17.7 Å². The van der Waals surface area contributed by atoms with Crippen LogP contribution in [0.2, 0.25) is 0 Å². The van der Waals surface area contributed by atoms with Gasteiger partial charge in [0.1, 0.15) is 11.5 Å². The molecule has 0 radical (unpaired) electrons. The van der Waals surface area contributed by atoms with E-state index in [4.69, 9.17) is 4.74 Å². The van der Waals surface area contributed by atoms with Gasteiger partial charge in [0.25, 0.3) is 11.7 Å². The van der Waals surface area contributed by atoms with Crippen LogP contribution in [0.25, 0.3) is 5.76 Å². The zero-order valence-electron chi connectivity index (χ0n) is 17.8. The molecule has 1 aliphatic rings. The summed E-state index contributed by atoms with van der Waals surface area (Å²) in [6.45, 7) is 2.86. The molecule has 0 bridgehead atoms. The largest absolute Gasteiger partial charge is 0.507 e. The highest BCUT2D eigenvalue weighted by Gasteiger charge is 2.46. The minimum Gasteiger partial charge on any atom is -0.507 e. The van der Waals surface area contributed by atoms with Gasteiger partial charge in [0.15, 0.2) is 0 Å². The summed E-state index contributed by atoms with van der Waals surface area (Å²) in [5.74, 6) is -0.891. The average Bonchev–Trinajstić information content (AvgIpc) is 3.09. The van der Waals surface area contributed by atoms with Gasteiger partial charge >= 0.3 is 0 Å². The van der Waals surface area contributed by atoms with Crippen molar-refractivity contribution in [1.29, 1.82) is 0 Å². The van der Waals surface area contributed by atoms with E-state index in [1.165, 1.54) is 4.90 Å². The molecule has 0 saturated carbocycles. The fourth-order valence-corrected chi connectivity index (χ4v) is 3.79. The minimum atomic E-state index is -0.736. The van der Waals surface area contributed by atoms with Crippen molar-refractivity contribution in [1.82, 2.24) is 9.88 Å². The molecule has 1 N–H and O–H groups in total. The third-order valence-electron chi connectivity index (χ3n) is 5.34. The molecule has 1 atom stereocenters. The number of nitrogens with zero attached hydrogens (tertiary/aromatic N) is 2. The summed E-state index contributed by atoms with van der Waals surface area (Å²) in [6, 6.07) is 19.1. The molecule has 2 aromatic carbocycles. The molecule has 0 spiro atoms. The van der Waals surface area contributed by atoms with E-state index in [0.717, 1.165) is 12.0 Å². The lowest BCUT2D eigenvalue weighted by Crippen LogP contribution is -2.29. The molecular weight excluding hydrogens is 404 g/mol. The number of carbonyl (C=O) groups excluding carboxylic acids is 2. The molecule has 1 amide bonds. The molecule has 162 valence electrons. The van der Waals surface area contributed by atoms with Gasteiger partial charge in [0.05, 0.1) is 18.2 Å². The van der Waals surface area contributed by atoms with Crippen molar-refractivity contribution in [2.24, 2.45) is 0 Å². The van der Waals surface area contributed by atoms with Gasteiger partial charge in [0, 0.05) is 24.5 Å². The number of pyridine rings is 1. The van der Waals surface area contributed by atoms with Crippen LogP contribution in [0, 0.1) is 0 Å².